The number of carbonyl (C=O) groups excluding carboxylic acids is 1. The molecule has 0 aliphatic carbocycles. The van der Waals surface area contributed by atoms with Gasteiger partial charge in [-0.1, -0.05) is 12.1 Å². The number of rotatable bonds is 5. The first-order chi connectivity index (χ1) is 10.1. The molecule has 21 heavy (non-hydrogen) atoms. The summed E-state index contributed by atoms with van der Waals surface area (Å²) in [6.45, 7) is 0.501. The van der Waals surface area contributed by atoms with Crippen molar-refractivity contribution < 1.29 is 9.53 Å². The van der Waals surface area contributed by atoms with Crippen LogP contribution in [0, 0.1) is 0 Å². The summed E-state index contributed by atoms with van der Waals surface area (Å²) in [5, 5.41) is 3.00. The van der Waals surface area contributed by atoms with Gasteiger partial charge < -0.3 is 15.0 Å². The second-order valence-corrected chi connectivity index (χ2v) is 4.69. The monoisotopic (exact) mass is 285 g/mol. The van der Waals surface area contributed by atoms with Crippen molar-refractivity contribution in [3.63, 3.8) is 0 Å². The molecule has 0 aliphatic heterocycles. The first kappa shape index (κ1) is 14.8. The molecule has 0 aliphatic rings. The number of benzene rings is 1. The van der Waals surface area contributed by atoms with Crippen molar-refractivity contribution in [2.24, 2.45) is 0 Å². The molecule has 0 spiro atoms. The Morgan fingerprint density at radius 3 is 2.86 bits per heavy atom. The molecule has 0 saturated heterocycles. The summed E-state index contributed by atoms with van der Waals surface area (Å²) in [4.78, 5) is 18.1. The summed E-state index contributed by atoms with van der Waals surface area (Å²) in [5.41, 5.74) is 2.30. The Kier molecular flexibility index (Phi) is 4.77. The standard InChI is InChI=1S/C16H19N3O2/c1-17-13-7-8-18-15(10-13)16(20)19(2)11-12-5-4-6-14(9-12)21-3/h4-10H,11H2,1-3H3,(H,17,18). The van der Waals surface area contributed by atoms with Crippen molar-refractivity contribution in [2.75, 3.05) is 26.5 Å². The molecule has 1 N–H and O–H groups in total. The fourth-order valence-electron chi connectivity index (χ4n) is 2.02. The molecule has 0 fully saturated rings. The van der Waals surface area contributed by atoms with Crippen LogP contribution in [0.1, 0.15) is 16.1 Å². The largest absolute Gasteiger partial charge is 0.497 e. The normalized spacial score (nSPS) is 10.0. The maximum atomic E-state index is 12.4. The van der Waals surface area contributed by atoms with Crippen molar-refractivity contribution in [1.82, 2.24) is 9.88 Å². The van der Waals surface area contributed by atoms with Crippen LogP contribution in [-0.2, 0) is 6.54 Å². The molecular weight excluding hydrogens is 266 g/mol. The fraction of sp³-hybridized carbons (Fsp3) is 0.250. The van der Waals surface area contributed by atoms with E-state index in [0.717, 1.165) is 17.0 Å². The average molecular weight is 285 g/mol. The van der Waals surface area contributed by atoms with Crippen molar-refractivity contribution in [2.45, 2.75) is 6.54 Å². The SMILES string of the molecule is CNc1ccnc(C(=O)N(C)Cc2cccc(OC)c2)c1. The van der Waals surface area contributed by atoms with E-state index in [9.17, 15) is 4.79 Å². The van der Waals surface area contributed by atoms with Crippen LogP contribution in [0.15, 0.2) is 42.6 Å². The van der Waals surface area contributed by atoms with Crippen LogP contribution in [0.3, 0.4) is 0 Å². The minimum atomic E-state index is -0.116. The molecule has 1 amide bonds. The lowest BCUT2D eigenvalue weighted by atomic mass is 10.2. The van der Waals surface area contributed by atoms with Crippen molar-refractivity contribution in [1.29, 1.82) is 0 Å². The zero-order valence-electron chi connectivity index (χ0n) is 12.5. The van der Waals surface area contributed by atoms with E-state index in [1.807, 2.05) is 37.4 Å². The minimum absolute atomic E-state index is 0.116. The number of anilines is 1. The van der Waals surface area contributed by atoms with E-state index in [1.54, 1.807) is 31.3 Å². The molecule has 1 aromatic heterocycles. The van der Waals surface area contributed by atoms with Gasteiger partial charge in [-0.3, -0.25) is 9.78 Å². The van der Waals surface area contributed by atoms with Gasteiger partial charge in [-0.15, -0.1) is 0 Å². The maximum Gasteiger partial charge on any atom is 0.272 e. The molecule has 1 aromatic carbocycles. The summed E-state index contributed by atoms with van der Waals surface area (Å²) in [5.74, 6) is 0.665. The molecule has 0 atom stereocenters. The van der Waals surface area contributed by atoms with Gasteiger partial charge in [0.15, 0.2) is 0 Å². The third-order valence-corrected chi connectivity index (χ3v) is 3.17. The van der Waals surface area contributed by atoms with Crippen LogP contribution in [0.5, 0.6) is 5.75 Å². The van der Waals surface area contributed by atoms with E-state index < -0.39 is 0 Å². The Morgan fingerprint density at radius 1 is 1.33 bits per heavy atom. The van der Waals surface area contributed by atoms with Crippen LogP contribution in [-0.4, -0.2) is 37.0 Å². The molecule has 1 heterocycles. The second-order valence-electron chi connectivity index (χ2n) is 4.69. The maximum absolute atomic E-state index is 12.4. The average Bonchev–Trinajstić information content (AvgIpc) is 2.54. The van der Waals surface area contributed by atoms with Crippen molar-refractivity contribution >= 4 is 11.6 Å². The highest BCUT2D eigenvalue weighted by molar-refractivity contribution is 5.92. The van der Waals surface area contributed by atoms with Gasteiger partial charge in [-0.2, -0.15) is 0 Å². The number of ether oxygens (including phenoxy) is 1. The van der Waals surface area contributed by atoms with Crippen LogP contribution in [0.2, 0.25) is 0 Å². The molecule has 0 radical (unpaired) electrons. The van der Waals surface area contributed by atoms with Crippen LogP contribution < -0.4 is 10.1 Å². The summed E-state index contributed by atoms with van der Waals surface area (Å²) in [6, 6.07) is 11.2. The summed E-state index contributed by atoms with van der Waals surface area (Å²) < 4.78 is 5.19. The van der Waals surface area contributed by atoms with E-state index in [0.29, 0.717) is 12.2 Å². The number of methoxy groups -OCH3 is 1. The van der Waals surface area contributed by atoms with Gasteiger partial charge in [-0.25, -0.2) is 0 Å². The molecule has 5 nitrogen and oxygen atoms in total. The summed E-state index contributed by atoms with van der Waals surface area (Å²) >= 11 is 0. The molecule has 110 valence electrons. The fourth-order valence-corrected chi connectivity index (χ4v) is 2.02. The number of hydrogen-bond donors (Lipinski definition) is 1. The highest BCUT2D eigenvalue weighted by Gasteiger charge is 2.14. The molecule has 0 bridgehead atoms. The molecule has 2 rings (SSSR count). The lowest BCUT2D eigenvalue weighted by Crippen LogP contribution is -2.27. The first-order valence-corrected chi connectivity index (χ1v) is 6.66. The van der Waals surface area contributed by atoms with E-state index in [1.165, 1.54) is 0 Å². The zero-order valence-corrected chi connectivity index (χ0v) is 12.5. The van der Waals surface area contributed by atoms with Gasteiger partial charge in [-0.05, 0) is 29.8 Å². The third-order valence-electron chi connectivity index (χ3n) is 3.17. The van der Waals surface area contributed by atoms with E-state index >= 15 is 0 Å². The van der Waals surface area contributed by atoms with Gasteiger partial charge in [0.05, 0.1) is 7.11 Å². The van der Waals surface area contributed by atoms with Gasteiger partial charge in [0.2, 0.25) is 0 Å². The summed E-state index contributed by atoms with van der Waals surface area (Å²) in [7, 11) is 5.19. The Hall–Kier alpha value is -2.56. The van der Waals surface area contributed by atoms with E-state index in [4.69, 9.17) is 4.74 Å². The molecule has 0 unspecified atom stereocenters. The smallest absolute Gasteiger partial charge is 0.272 e. The van der Waals surface area contributed by atoms with Gasteiger partial charge in [0, 0.05) is 32.5 Å². The van der Waals surface area contributed by atoms with E-state index in [2.05, 4.69) is 10.3 Å². The quantitative estimate of drug-likeness (QED) is 0.916. The topological polar surface area (TPSA) is 54.5 Å². The molecule has 0 saturated carbocycles. The van der Waals surface area contributed by atoms with Gasteiger partial charge >= 0.3 is 0 Å². The zero-order chi connectivity index (χ0) is 15.2. The number of nitrogens with zero attached hydrogens (tertiary/aromatic N) is 2. The number of amides is 1. The molecule has 2 aromatic rings. The Morgan fingerprint density at radius 2 is 2.14 bits per heavy atom. The van der Waals surface area contributed by atoms with Crippen molar-refractivity contribution in [3.05, 3.63) is 53.9 Å². The third kappa shape index (κ3) is 3.72. The highest BCUT2D eigenvalue weighted by Crippen LogP contribution is 2.15. The minimum Gasteiger partial charge on any atom is -0.497 e. The number of nitrogens with one attached hydrogen (secondary N) is 1. The second kappa shape index (κ2) is 6.74. The van der Waals surface area contributed by atoms with Gasteiger partial charge in [0.1, 0.15) is 11.4 Å². The van der Waals surface area contributed by atoms with Crippen LogP contribution in [0.4, 0.5) is 5.69 Å². The van der Waals surface area contributed by atoms with Crippen LogP contribution >= 0.6 is 0 Å². The van der Waals surface area contributed by atoms with E-state index in [-0.39, 0.29) is 5.91 Å². The lowest BCUT2D eigenvalue weighted by molar-refractivity contribution is 0.0779. The highest BCUT2D eigenvalue weighted by atomic mass is 16.5. The predicted octanol–water partition coefficient (Wildman–Crippen LogP) is 2.40. The van der Waals surface area contributed by atoms with Gasteiger partial charge in [0.25, 0.3) is 5.91 Å². The van der Waals surface area contributed by atoms with Crippen molar-refractivity contribution in [3.8, 4) is 5.75 Å². The molecule has 5 heteroatoms. The number of aromatic nitrogens is 1. The summed E-state index contributed by atoms with van der Waals surface area (Å²) in [6.07, 6.45) is 1.62. The first-order valence-electron chi connectivity index (χ1n) is 6.66. The van der Waals surface area contributed by atoms with Crippen LogP contribution in [0.25, 0.3) is 0 Å². The number of carbonyl (C=O) groups is 1. The molecular formula is C16H19N3O2. The number of pyridine rings is 1. The lowest BCUT2D eigenvalue weighted by Gasteiger charge is -2.17. The number of hydrogen-bond acceptors (Lipinski definition) is 4. The Bertz CT molecular complexity index is 628. The predicted molar refractivity (Wildman–Crippen MR) is 82.6 cm³/mol. The Balaban J connectivity index is 2.11. The Labute approximate surface area is 124 Å².